The van der Waals surface area contributed by atoms with Gasteiger partial charge >= 0.3 is 0 Å². The van der Waals surface area contributed by atoms with Gasteiger partial charge in [0.2, 0.25) is 0 Å². The standard InChI is InChI=1S/C17H25NO2/c1-2-18-17-7-3-5-13-11-14(8-9-16(13)17)20-15-6-4-10-19-12-15/h8-9,11,15,17-18H,2-7,10,12H2,1H3. The summed E-state index contributed by atoms with van der Waals surface area (Å²) in [7, 11) is 0. The molecule has 1 heterocycles. The topological polar surface area (TPSA) is 30.5 Å². The van der Waals surface area contributed by atoms with Crippen LogP contribution in [0.2, 0.25) is 0 Å². The predicted molar refractivity (Wildman–Crippen MR) is 80.3 cm³/mol. The summed E-state index contributed by atoms with van der Waals surface area (Å²) < 4.78 is 11.6. The fraction of sp³-hybridized carbons (Fsp3) is 0.647. The Morgan fingerprint density at radius 1 is 1.30 bits per heavy atom. The summed E-state index contributed by atoms with van der Waals surface area (Å²) in [5.41, 5.74) is 2.92. The molecule has 110 valence electrons. The second-order valence-electron chi connectivity index (χ2n) is 5.82. The summed E-state index contributed by atoms with van der Waals surface area (Å²) in [5.74, 6) is 1.01. The Morgan fingerprint density at radius 3 is 3.05 bits per heavy atom. The number of nitrogens with one attached hydrogen (secondary N) is 1. The number of ether oxygens (including phenoxy) is 2. The lowest BCUT2D eigenvalue weighted by molar-refractivity contribution is 0.00738. The molecule has 0 spiro atoms. The van der Waals surface area contributed by atoms with Crippen LogP contribution in [0.5, 0.6) is 5.75 Å². The highest BCUT2D eigenvalue weighted by Crippen LogP contribution is 2.32. The lowest BCUT2D eigenvalue weighted by Crippen LogP contribution is -2.28. The molecular formula is C17H25NO2. The van der Waals surface area contributed by atoms with E-state index in [4.69, 9.17) is 9.47 Å². The van der Waals surface area contributed by atoms with Gasteiger partial charge in [-0.05, 0) is 61.9 Å². The summed E-state index contributed by atoms with van der Waals surface area (Å²) in [6.07, 6.45) is 6.14. The molecule has 3 heteroatoms. The van der Waals surface area contributed by atoms with Gasteiger partial charge in [-0.3, -0.25) is 0 Å². The number of hydrogen-bond acceptors (Lipinski definition) is 3. The molecule has 0 radical (unpaired) electrons. The lowest BCUT2D eigenvalue weighted by atomic mass is 9.87. The maximum atomic E-state index is 6.07. The molecule has 0 bridgehead atoms. The van der Waals surface area contributed by atoms with E-state index in [0.717, 1.165) is 38.3 Å². The molecule has 1 fully saturated rings. The van der Waals surface area contributed by atoms with Gasteiger partial charge in [-0.15, -0.1) is 0 Å². The quantitative estimate of drug-likeness (QED) is 0.915. The van der Waals surface area contributed by atoms with Crippen LogP contribution in [0.1, 0.15) is 49.8 Å². The second kappa shape index (κ2) is 6.59. The van der Waals surface area contributed by atoms with Crippen molar-refractivity contribution in [2.24, 2.45) is 0 Å². The van der Waals surface area contributed by atoms with Gasteiger partial charge < -0.3 is 14.8 Å². The molecule has 3 nitrogen and oxygen atoms in total. The zero-order chi connectivity index (χ0) is 13.8. The summed E-state index contributed by atoms with van der Waals surface area (Å²) in [6.45, 7) is 4.82. The zero-order valence-corrected chi connectivity index (χ0v) is 12.4. The van der Waals surface area contributed by atoms with E-state index in [1.165, 1.54) is 30.4 Å². The van der Waals surface area contributed by atoms with Crippen molar-refractivity contribution >= 4 is 0 Å². The van der Waals surface area contributed by atoms with Crippen molar-refractivity contribution in [1.29, 1.82) is 0 Å². The molecule has 1 aromatic rings. The smallest absolute Gasteiger partial charge is 0.122 e. The average molecular weight is 275 g/mol. The van der Waals surface area contributed by atoms with Gasteiger partial charge in [-0.25, -0.2) is 0 Å². The molecule has 1 N–H and O–H groups in total. The van der Waals surface area contributed by atoms with E-state index in [9.17, 15) is 0 Å². The normalized spacial score (nSPS) is 26.1. The fourth-order valence-corrected chi connectivity index (χ4v) is 3.32. The number of benzene rings is 1. The number of aryl methyl sites for hydroxylation is 1. The Kier molecular flexibility index (Phi) is 4.58. The van der Waals surface area contributed by atoms with Gasteiger partial charge in [0.25, 0.3) is 0 Å². The summed E-state index contributed by atoms with van der Waals surface area (Å²) in [4.78, 5) is 0. The van der Waals surface area contributed by atoms with E-state index in [0.29, 0.717) is 6.04 Å². The van der Waals surface area contributed by atoms with Gasteiger partial charge in [0.15, 0.2) is 0 Å². The van der Waals surface area contributed by atoms with Crippen LogP contribution >= 0.6 is 0 Å². The Balaban J connectivity index is 1.71. The van der Waals surface area contributed by atoms with E-state index in [2.05, 4.69) is 30.4 Å². The number of hydrogen-bond donors (Lipinski definition) is 1. The highest BCUT2D eigenvalue weighted by molar-refractivity contribution is 5.39. The molecule has 1 aliphatic heterocycles. The van der Waals surface area contributed by atoms with Crippen LogP contribution in [-0.2, 0) is 11.2 Å². The van der Waals surface area contributed by atoms with Gasteiger partial charge in [0.05, 0.1) is 6.61 Å². The first-order valence-corrected chi connectivity index (χ1v) is 7.97. The van der Waals surface area contributed by atoms with Gasteiger partial charge in [0.1, 0.15) is 11.9 Å². The minimum absolute atomic E-state index is 0.231. The van der Waals surface area contributed by atoms with Crippen molar-refractivity contribution in [3.05, 3.63) is 29.3 Å². The molecular weight excluding hydrogens is 250 g/mol. The zero-order valence-electron chi connectivity index (χ0n) is 12.4. The highest BCUT2D eigenvalue weighted by atomic mass is 16.5. The van der Waals surface area contributed by atoms with Crippen molar-refractivity contribution in [2.75, 3.05) is 19.8 Å². The van der Waals surface area contributed by atoms with Gasteiger partial charge in [0, 0.05) is 12.6 Å². The summed E-state index contributed by atoms with van der Waals surface area (Å²) in [5, 5.41) is 3.58. The highest BCUT2D eigenvalue weighted by Gasteiger charge is 2.21. The monoisotopic (exact) mass is 275 g/mol. The first-order chi connectivity index (χ1) is 9.86. The maximum Gasteiger partial charge on any atom is 0.122 e. The molecule has 2 unspecified atom stereocenters. The molecule has 3 rings (SSSR count). The molecule has 0 aromatic heterocycles. The van der Waals surface area contributed by atoms with Crippen LogP contribution in [0.4, 0.5) is 0 Å². The predicted octanol–water partition coefficient (Wildman–Crippen LogP) is 3.23. The Hall–Kier alpha value is -1.06. The van der Waals surface area contributed by atoms with Crippen molar-refractivity contribution in [3.63, 3.8) is 0 Å². The average Bonchev–Trinajstić information content (AvgIpc) is 2.49. The van der Waals surface area contributed by atoms with E-state index < -0.39 is 0 Å². The number of rotatable bonds is 4. The Morgan fingerprint density at radius 2 is 2.25 bits per heavy atom. The lowest BCUT2D eigenvalue weighted by Gasteiger charge is -2.28. The SMILES string of the molecule is CCNC1CCCc2cc(OC3CCCOC3)ccc21. The minimum Gasteiger partial charge on any atom is -0.488 e. The molecule has 2 atom stereocenters. The Labute approximate surface area is 121 Å². The molecule has 0 saturated carbocycles. The van der Waals surface area contributed by atoms with Crippen molar-refractivity contribution < 1.29 is 9.47 Å². The van der Waals surface area contributed by atoms with Crippen LogP contribution in [0.15, 0.2) is 18.2 Å². The van der Waals surface area contributed by atoms with E-state index in [1.807, 2.05) is 0 Å². The summed E-state index contributed by atoms with van der Waals surface area (Å²) in [6, 6.07) is 7.15. The van der Waals surface area contributed by atoms with Crippen LogP contribution in [0, 0.1) is 0 Å². The first kappa shape index (κ1) is 13.9. The van der Waals surface area contributed by atoms with Crippen LogP contribution in [-0.4, -0.2) is 25.9 Å². The minimum atomic E-state index is 0.231. The molecule has 1 aromatic carbocycles. The number of fused-ring (bicyclic) bond motifs is 1. The van der Waals surface area contributed by atoms with Crippen molar-refractivity contribution in [1.82, 2.24) is 5.32 Å². The maximum absolute atomic E-state index is 6.07. The third-order valence-corrected chi connectivity index (χ3v) is 4.30. The molecule has 1 saturated heterocycles. The molecule has 1 aliphatic carbocycles. The van der Waals surface area contributed by atoms with Crippen LogP contribution in [0.3, 0.4) is 0 Å². The fourth-order valence-electron chi connectivity index (χ4n) is 3.32. The largest absolute Gasteiger partial charge is 0.488 e. The van der Waals surface area contributed by atoms with E-state index in [1.54, 1.807) is 0 Å². The van der Waals surface area contributed by atoms with Gasteiger partial charge in [-0.2, -0.15) is 0 Å². The third-order valence-electron chi connectivity index (χ3n) is 4.30. The van der Waals surface area contributed by atoms with Crippen LogP contribution in [0.25, 0.3) is 0 Å². The molecule has 2 aliphatic rings. The van der Waals surface area contributed by atoms with Gasteiger partial charge in [-0.1, -0.05) is 13.0 Å². The Bertz CT molecular complexity index is 441. The first-order valence-electron chi connectivity index (χ1n) is 7.97. The van der Waals surface area contributed by atoms with E-state index >= 15 is 0 Å². The third kappa shape index (κ3) is 3.15. The van der Waals surface area contributed by atoms with Crippen molar-refractivity contribution in [2.45, 2.75) is 51.2 Å². The van der Waals surface area contributed by atoms with Crippen LogP contribution < -0.4 is 10.1 Å². The van der Waals surface area contributed by atoms with E-state index in [-0.39, 0.29) is 6.10 Å². The summed E-state index contributed by atoms with van der Waals surface area (Å²) >= 11 is 0. The molecule has 20 heavy (non-hydrogen) atoms. The second-order valence-corrected chi connectivity index (χ2v) is 5.82. The molecule has 0 amide bonds. The van der Waals surface area contributed by atoms with Crippen molar-refractivity contribution in [3.8, 4) is 5.75 Å².